The molecule has 2 aromatic carbocycles. The normalized spacial score (nSPS) is 10.3. The van der Waals surface area contributed by atoms with E-state index in [2.05, 4.69) is 47.2 Å². The van der Waals surface area contributed by atoms with Gasteiger partial charge in [-0.05, 0) is 23.5 Å². The van der Waals surface area contributed by atoms with Crippen LogP contribution in [0.25, 0.3) is 11.1 Å². The summed E-state index contributed by atoms with van der Waals surface area (Å²) >= 11 is 0. The SMILES string of the molecule is CB(O)NNCc1ccc(-c2ccccc2)cc1. The molecule has 0 radical (unpaired) electrons. The summed E-state index contributed by atoms with van der Waals surface area (Å²) in [5, 5.41) is 11.8. The van der Waals surface area contributed by atoms with E-state index in [1.807, 2.05) is 18.2 Å². The average Bonchev–Trinajstić information content (AvgIpc) is 2.40. The Labute approximate surface area is 108 Å². The van der Waals surface area contributed by atoms with Crippen LogP contribution in [0.3, 0.4) is 0 Å². The molecule has 0 saturated heterocycles. The van der Waals surface area contributed by atoms with Crippen molar-refractivity contribution in [1.29, 1.82) is 0 Å². The van der Waals surface area contributed by atoms with Gasteiger partial charge in [0.2, 0.25) is 0 Å². The Morgan fingerprint density at radius 1 is 0.944 bits per heavy atom. The molecule has 18 heavy (non-hydrogen) atoms. The second-order valence-electron chi connectivity index (χ2n) is 4.24. The first-order valence-corrected chi connectivity index (χ1v) is 6.06. The second kappa shape index (κ2) is 6.35. The van der Waals surface area contributed by atoms with Gasteiger partial charge in [0.1, 0.15) is 0 Å². The molecule has 0 unspecified atom stereocenters. The van der Waals surface area contributed by atoms with Crippen molar-refractivity contribution in [3.8, 4) is 11.1 Å². The zero-order valence-electron chi connectivity index (χ0n) is 10.4. The van der Waals surface area contributed by atoms with Gasteiger partial charge in [0.15, 0.2) is 0 Å². The Hall–Kier alpha value is -1.62. The summed E-state index contributed by atoms with van der Waals surface area (Å²) in [5.74, 6) is 0. The van der Waals surface area contributed by atoms with Gasteiger partial charge in [0.05, 0.1) is 0 Å². The fourth-order valence-corrected chi connectivity index (χ4v) is 1.75. The number of nitrogens with one attached hydrogen (secondary N) is 2. The standard InChI is InChI=1S/C14H17BN2O/c1-15(18)17-16-11-12-7-9-14(10-8-12)13-5-3-2-4-6-13/h2-10,16-18H,11H2,1H3. The largest absolute Gasteiger partial charge is 0.437 e. The summed E-state index contributed by atoms with van der Waals surface area (Å²) in [4.78, 5) is 0. The van der Waals surface area contributed by atoms with Gasteiger partial charge in [-0.1, -0.05) is 54.6 Å². The maximum Gasteiger partial charge on any atom is 0.387 e. The molecule has 4 heteroatoms. The molecule has 0 atom stereocenters. The highest BCUT2D eigenvalue weighted by Crippen LogP contribution is 2.18. The predicted molar refractivity (Wildman–Crippen MR) is 75.7 cm³/mol. The quantitative estimate of drug-likeness (QED) is 0.553. The smallest absolute Gasteiger partial charge is 0.387 e. The number of hydrazine groups is 1. The minimum atomic E-state index is -0.548. The molecule has 0 aromatic heterocycles. The Kier molecular flexibility index (Phi) is 4.53. The van der Waals surface area contributed by atoms with Gasteiger partial charge in [-0.25, -0.2) is 0 Å². The third-order valence-corrected chi connectivity index (χ3v) is 2.66. The maximum absolute atomic E-state index is 9.05. The first kappa shape index (κ1) is 12.8. The van der Waals surface area contributed by atoms with Crippen molar-refractivity contribution in [3.05, 3.63) is 60.2 Å². The van der Waals surface area contributed by atoms with E-state index in [9.17, 15) is 0 Å². The maximum atomic E-state index is 9.05. The molecule has 2 rings (SSSR count). The predicted octanol–water partition coefficient (Wildman–Crippen LogP) is 2.06. The molecule has 0 fully saturated rings. The van der Waals surface area contributed by atoms with E-state index in [0.29, 0.717) is 6.54 Å². The highest BCUT2D eigenvalue weighted by atomic mass is 16.2. The van der Waals surface area contributed by atoms with Crippen LogP contribution in [-0.4, -0.2) is 12.1 Å². The lowest BCUT2D eigenvalue weighted by Crippen LogP contribution is -2.41. The highest BCUT2D eigenvalue weighted by molar-refractivity contribution is 6.45. The zero-order valence-corrected chi connectivity index (χ0v) is 10.4. The van der Waals surface area contributed by atoms with Crippen molar-refractivity contribution >= 4 is 7.05 Å². The van der Waals surface area contributed by atoms with Gasteiger partial charge in [-0.2, -0.15) is 0 Å². The van der Waals surface area contributed by atoms with Crippen LogP contribution < -0.4 is 10.8 Å². The van der Waals surface area contributed by atoms with Crippen LogP contribution in [0.2, 0.25) is 6.82 Å². The summed E-state index contributed by atoms with van der Waals surface area (Å²) in [6.07, 6.45) is 0. The zero-order chi connectivity index (χ0) is 12.8. The first-order valence-electron chi connectivity index (χ1n) is 6.06. The van der Waals surface area contributed by atoms with Gasteiger partial charge in [-0.15, -0.1) is 0 Å². The monoisotopic (exact) mass is 240 g/mol. The van der Waals surface area contributed by atoms with Crippen LogP contribution in [0.4, 0.5) is 0 Å². The van der Waals surface area contributed by atoms with Crippen molar-refractivity contribution in [2.24, 2.45) is 0 Å². The van der Waals surface area contributed by atoms with Crippen LogP contribution in [0.15, 0.2) is 54.6 Å². The van der Waals surface area contributed by atoms with Crippen molar-refractivity contribution in [2.45, 2.75) is 13.4 Å². The molecule has 0 aliphatic rings. The summed E-state index contributed by atoms with van der Waals surface area (Å²) in [6.45, 7) is 2.35. The molecule has 0 aliphatic heterocycles. The van der Waals surface area contributed by atoms with E-state index < -0.39 is 7.05 Å². The Morgan fingerprint density at radius 2 is 1.56 bits per heavy atom. The number of hydrogen-bond acceptors (Lipinski definition) is 3. The summed E-state index contributed by atoms with van der Waals surface area (Å²) < 4.78 is 0. The van der Waals surface area contributed by atoms with Crippen molar-refractivity contribution < 1.29 is 5.02 Å². The Morgan fingerprint density at radius 3 is 2.17 bits per heavy atom. The molecule has 0 amide bonds. The number of benzene rings is 2. The van der Waals surface area contributed by atoms with Crippen molar-refractivity contribution in [2.75, 3.05) is 0 Å². The van der Waals surface area contributed by atoms with Gasteiger partial charge >= 0.3 is 7.05 Å². The van der Waals surface area contributed by atoms with Gasteiger partial charge < -0.3 is 5.02 Å². The molecule has 0 saturated carbocycles. The highest BCUT2D eigenvalue weighted by Gasteiger charge is 2.00. The summed E-state index contributed by atoms with van der Waals surface area (Å²) in [7, 11) is -0.548. The second-order valence-corrected chi connectivity index (χ2v) is 4.24. The van der Waals surface area contributed by atoms with Crippen LogP contribution in [0.1, 0.15) is 5.56 Å². The molecule has 3 nitrogen and oxygen atoms in total. The van der Waals surface area contributed by atoms with E-state index in [0.717, 1.165) is 0 Å². The van der Waals surface area contributed by atoms with E-state index in [1.54, 1.807) is 6.82 Å². The fourth-order valence-electron chi connectivity index (χ4n) is 1.75. The number of hydrogen-bond donors (Lipinski definition) is 3. The Balaban J connectivity index is 1.98. The molecule has 92 valence electrons. The lowest BCUT2D eigenvalue weighted by atomic mass is 9.91. The Bertz CT molecular complexity index is 471. The molecular weight excluding hydrogens is 223 g/mol. The van der Waals surface area contributed by atoms with E-state index >= 15 is 0 Å². The molecule has 0 aliphatic carbocycles. The minimum absolute atomic E-state index is 0.548. The molecule has 0 heterocycles. The van der Waals surface area contributed by atoms with E-state index in [-0.39, 0.29) is 0 Å². The van der Waals surface area contributed by atoms with Crippen molar-refractivity contribution in [1.82, 2.24) is 10.8 Å². The fraction of sp³-hybridized carbons (Fsp3) is 0.143. The van der Waals surface area contributed by atoms with Gasteiger partial charge in [0, 0.05) is 6.54 Å². The van der Waals surface area contributed by atoms with E-state index in [1.165, 1.54) is 16.7 Å². The van der Waals surface area contributed by atoms with Gasteiger partial charge in [0.25, 0.3) is 0 Å². The molecule has 3 N–H and O–H groups in total. The summed E-state index contributed by atoms with van der Waals surface area (Å²) in [6, 6.07) is 18.7. The van der Waals surface area contributed by atoms with Gasteiger partial charge in [-0.3, -0.25) is 10.8 Å². The lowest BCUT2D eigenvalue weighted by Gasteiger charge is -2.08. The molecule has 2 aromatic rings. The average molecular weight is 240 g/mol. The minimum Gasteiger partial charge on any atom is -0.437 e. The molecule has 0 bridgehead atoms. The third kappa shape index (κ3) is 3.70. The van der Waals surface area contributed by atoms with Crippen LogP contribution in [-0.2, 0) is 6.54 Å². The lowest BCUT2D eigenvalue weighted by molar-refractivity contribution is 0.520. The summed E-state index contributed by atoms with van der Waals surface area (Å²) in [5.41, 5.74) is 6.56. The van der Waals surface area contributed by atoms with Crippen molar-refractivity contribution in [3.63, 3.8) is 0 Å². The van der Waals surface area contributed by atoms with Crippen LogP contribution in [0.5, 0.6) is 0 Å². The van der Waals surface area contributed by atoms with Crippen LogP contribution >= 0.6 is 0 Å². The number of rotatable bonds is 5. The molecule has 0 spiro atoms. The topological polar surface area (TPSA) is 44.3 Å². The molecular formula is C14H17BN2O. The third-order valence-electron chi connectivity index (χ3n) is 2.66. The van der Waals surface area contributed by atoms with E-state index in [4.69, 9.17) is 5.02 Å². The van der Waals surface area contributed by atoms with Crippen LogP contribution in [0, 0.1) is 0 Å². The first-order chi connectivity index (χ1) is 8.75.